The van der Waals surface area contributed by atoms with Crippen LogP contribution in [0.25, 0.3) is 11.3 Å². The van der Waals surface area contributed by atoms with Gasteiger partial charge in [0.25, 0.3) is 0 Å². The van der Waals surface area contributed by atoms with Gasteiger partial charge in [-0.15, -0.1) is 0 Å². The van der Waals surface area contributed by atoms with Gasteiger partial charge in [-0.25, -0.2) is 0 Å². The van der Waals surface area contributed by atoms with E-state index >= 15 is 0 Å². The van der Waals surface area contributed by atoms with Gasteiger partial charge in [-0.1, -0.05) is 28.1 Å². The van der Waals surface area contributed by atoms with E-state index in [1.54, 1.807) is 12.5 Å². The minimum absolute atomic E-state index is 0.461. The molecule has 0 spiro atoms. The third kappa shape index (κ3) is 2.24. The zero-order chi connectivity index (χ0) is 10.7. The Morgan fingerprint density at radius 2 is 2.07 bits per heavy atom. The molecule has 0 bridgehead atoms. The minimum atomic E-state index is 0.461. The van der Waals surface area contributed by atoms with Crippen LogP contribution < -0.4 is 5.32 Å². The first-order chi connectivity index (χ1) is 7.29. The number of H-pyrrole nitrogens is 1. The van der Waals surface area contributed by atoms with Crippen molar-refractivity contribution in [3.8, 4) is 11.3 Å². The summed E-state index contributed by atoms with van der Waals surface area (Å²) in [5.41, 5.74) is 1.85. The second-order valence-corrected chi connectivity index (χ2v) is 3.82. The number of aromatic amines is 1. The molecule has 5 heteroatoms. The first-order valence-corrected chi connectivity index (χ1v) is 5.03. The molecule has 0 saturated heterocycles. The number of carbonyl (C=O) groups excluding carboxylic acids is 1. The normalized spacial score (nSPS) is 9.93. The van der Waals surface area contributed by atoms with E-state index in [0.29, 0.717) is 5.82 Å². The van der Waals surface area contributed by atoms with E-state index in [2.05, 4.69) is 31.4 Å². The van der Waals surface area contributed by atoms with Gasteiger partial charge < -0.3 is 5.32 Å². The monoisotopic (exact) mass is 264 g/mol. The molecule has 0 fully saturated rings. The SMILES string of the molecule is O=[C]Nc1cc(-c2ccc(Br)cc2)[nH]n1. The molecule has 1 radical (unpaired) electrons. The van der Waals surface area contributed by atoms with Crippen molar-refractivity contribution in [3.05, 3.63) is 34.8 Å². The zero-order valence-electron chi connectivity index (χ0n) is 7.62. The van der Waals surface area contributed by atoms with Crippen LogP contribution in [0.4, 0.5) is 5.82 Å². The molecule has 1 aromatic heterocycles. The molecule has 0 atom stereocenters. The van der Waals surface area contributed by atoms with Crippen molar-refractivity contribution in [2.24, 2.45) is 0 Å². The Kier molecular flexibility index (Phi) is 2.82. The molecule has 0 aliphatic rings. The number of hydrogen-bond donors (Lipinski definition) is 2. The maximum atomic E-state index is 10.1. The topological polar surface area (TPSA) is 57.8 Å². The Hall–Kier alpha value is -1.62. The van der Waals surface area contributed by atoms with Gasteiger partial charge in [-0.05, 0) is 17.7 Å². The van der Waals surface area contributed by atoms with Crippen LogP contribution in [-0.2, 0) is 4.79 Å². The van der Waals surface area contributed by atoms with Gasteiger partial charge in [0, 0.05) is 10.5 Å². The van der Waals surface area contributed by atoms with E-state index < -0.39 is 0 Å². The highest BCUT2D eigenvalue weighted by Crippen LogP contribution is 2.21. The fraction of sp³-hybridized carbons (Fsp3) is 0. The highest BCUT2D eigenvalue weighted by molar-refractivity contribution is 9.10. The smallest absolute Gasteiger partial charge is 0.301 e. The van der Waals surface area contributed by atoms with Gasteiger partial charge in [0.1, 0.15) is 0 Å². The molecule has 2 rings (SSSR count). The predicted octanol–water partition coefficient (Wildman–Crippen LogP) is 2.32. The van der Waals surface area contributed by atoms with Crippen molar-refractivity contribution < 1.29 is 4.79 Å². The van der Waals surface area contributed by atoms with Crippen molar-refractivity contribution >= 4 is 28.2 Å². The van der Waals surface area contributed by atoms with Gasteiger partial charge in [0.05, 0.1) is 5.69 Å². The van der Waals surface area contributed by atoms with Crippen molar-refractivity contribution in [3.63, 3.8) is 0 Å². The molecular formula is C10H7BrN3O. The Labute approximate surface area is 94.8 Å². The lowest BCUT2D eigenvalue weighted by atomic mass is 10.2. The molecule has 4 nitrogen and oxygen atoms in total. The summed E-state index contributed by atoms with van der Waals surface area (Å²) >= 11 is 3.36. The molecular weight excluding hydrogens is 258 g/mol. The van der Waals surface area contributed by atoms with E-state index in [-0.39, 0.29) is 0 Å². The zero-order valence-corrected chi connectivity index (χ0v) is 9.21. The summed E-state index contributed by atoms with van der Waals surface area (Å²) in [7, 11) is 0. The number of benzene rings is 1. The van der Waals surface area contributed by atoms with Gasteiger partial charge in [-0.3, -0.25) is 9.89 Å². The Morgan fingerprint density at radius 1 is 1.33 bits per heavy atom. The summed E-state index contributed by atoms with van der Waals surface area (Å²) in [6.45, 7) is 0. The molecule has 0 aliphatic heterocycles. The summed E-state index contributed by atoms with van der Waals surface area (Å²) in [6.07, 6.45) is 1.57. The van der Waals surface area contributed by atoms with Gasteiger partial charge in [0.2, 0.25) is 0 Å². The lowest BCUT2D eigenvalue weighted by Crippen LogP contribution is -1.92. The molecule has 1 amide bonds. The molecule has 0 saturated carbocycles. The molecule has 1 aromatic carbocycles. The van der Waals surface area contributed by atoms with E-state index in [1.165, 1.54) is 0 Å². The molecule has 15 heavy (non-hydrogen) atoms. The highest BCUT2D eigenvalue weighted by atomic mass is 79.9. The van der Waals surface area contributed by atoms with Crippen LogP contribution in [0.1, 0.15) is 0 Å². The highest BCUT2D eigenvalue weighted by Gasteiger charge is 2.02. The lowest BCUT2D eigenvalue weighted by molar-refractivity contribution is 0.561. The molecule has 0 unspecified atom stereocenters. The third-order valence-electron chi connectivity index (χ3n) is 1.91. The second kappa shape index (κ2) is 4.27. The number of rotatable bonds is 3. The first kappa shape index (κ1) is 9.92. The molecule has 2 N–H and O–H groups in total. The Morgan fingerprint density at radius 3 is 2.73 bits per heavy atom. The molecule has 75 valence electrons. The van der Waals surface area contributed by atoms with Crippen LogP contribution in [0.2, 0.25) is 0 Å². The fourth-order valence-corrected chi connectivity index (χ4v) is 1.48. The molecule has 2 aromatic rings. The van der Waals surface area contributed by atoms with Crippen LogP contribution in [-0.4, -0.2) is 16.6 Å². The van der Waals surface area contributed by atoms with Crippen LogP contribution >= 0.6 is 15.9 Å². The van der Waals surface area contributed by atoms with Crippen LogP contribution in [0, 0.1) is 0 Å². The minimum Gasteiger partial charge on any atom is -0.301 e. The van der Waals surface area contributed by atoms with E-state index in [4.69, 9.17) is 0 Å². The van der Waals surface area contributed by atoms with Crippen LogP contribution in [0.15, 0.2) is 34.8 Å². The summed E-state index contributed by atoms with van der Waals surface area (Å²) < 4.78 is 1.02. The molecule has 1 heterocycles. The number of hydrogen-bond acceptors (Lipinski definition) is 2. The lowest BCUT2D eigenvalue weighted by Gasteiger charge is -1.95. The van der Waals surface area contributed by atoms with E-state index in [9.17, 15) is 4.79 Å². The first-order valence-electron chi connectivity index (χ1n) is 4.24. The van der Waals surface area contributed by atoms with Crippen molar-refractivity contribution in [2.45, 2.75) is 0 Å². The number of amides is 1. The van der Waals surface area contributed by atoms with Crippen molar-refractivity contribution in [2.75, 3.05) is 5.32 Å². The Balaban J connectivity index is 2.28. The molecule has 0 aliphatic carbocycles. The van der Waals surface area contributed by atoms with Gasteiger partial charge in [-0.2, -0.15) is 5.10 Å². The average molecular weight is 265 g/mol. The number of nitrogens with one attached hydrogen (secondary N) is 2. The largest absolute Gasteiger partial charge is 0.315 e. The quantitative estimate of drug-likeness (QED) is 0.836. The van der Waals surface area contributed by atoms with E-state index in [0.717, 1.165) is 15.7 Å². The summed E-state index contributed by atoms with van der Waals surface area (Å²) in [5, 5.41) is 9.07. The summed E-state index contributed by atoms with van der Waals surface area (Å²) in [5.74, 6) is 0.461. The maximum absolute atomic E-state index is 10.1. The van der Waals surface area contributed by atoms with Gasteiger partial charge >= 0.3 is 6.41 Å². The number of halogens is 1. The predicted molar refractivity (Wildman–Crippen MR) is 61.0 cm³/mol. The summed E-state index contributed by atoms with van der Waals surface area (Å²) in [6, 6.07) is 9.52. The number of aromatic nitrogens is 2. The van der Waals surface area contributed by atoms with E-state index in [1.807, 2.05) is 24.3 Å². The Bertz CT molecular complexity index is 464. The van der Waals surface area contributed by atoms with Crippen LogP contribution in [0.3, 0.4) is 0 Å². The number of anilines is 1. The van der Waals surface area contributed by atoms with Gasteiger partial charge in [0.15, 0.2) is 5.82 Å². The summed E-state index contributed by atoms with van der Waals surface area (Å²) in [4.78, 5) is 10.1. The fourth-order valence-electron chi connectivity index (χ4n) is 1.22. The second-order valence-electron chi connectivity index (χ2n) is 2.90. The number of nitrogens with zero attached hydrogens (tertiary/aromatic N) is 1. The third-order valence-corrected chi connectivity index (χ3v) is 2.44. The average Bonchev–Trinajstić information content (AvgIpc) is 2.68. The van der Waals surface area contributed by atoms with Crippen LogP contribution in [0.5, 0.6) is 0 Å². The van der Waals surface area contributed by atoms with Crippen molar-refractivity contribution in [1.82, 2.24) is 10.2 Å². The maximum Gasteiger partial charge on any atom is 0.315 e. The standard InChI is InChI=1S/C10H7BrN3O/c11-8-3-1-7(2-4-8)9-5-10(12-6-15)14-13-9/h1-5H,(H2,12,13,14,15). The van der Waals surface area contributed by atoms with Crippen molar-refractivity contribution in [1.29, 1.82) is 0 Å².